The van der Waals surface area contributed by atoms with Crippen molar-refractivity contribution in [1.29, 1.82) is 0 Å². The van der Waals surface area contributed by atoms with Crippen LogP contribution in [0, 0.1) is 5.92 Å². The molecule has 1 aliphatic carbocycles. The van der Waals surface area contributed by atoms with E-state index in [1.54, 1.807) is 0 Å². The highest BCUT2D eigenvalue weighted by molar-refractivity contribution is 5.52. The first-order chi connectivity index (χ1) is 12.6. The third-order valence-electron chi connectivity index (χ3n) is 6.01. The Morgan fingerprint density at radius 3 is 2.77 bits per heavy atom. The van der Waals surface area contributed by atoms with Crippen molar-refractivity contribution < 1.29 is 0 Å². The lowest BCUT2D eigenvalue weighted by Crippen LogP contribution is -2.19. The molecule has 4 heteroatoms. The molecule has 2 unspecified atom stereocenters. The van der Waals surface area contributed by atoms with Gasteiger partial charge in [-0.15, -0.1) is 0 Å². The smallest absolute Gasteiger partial charge is 0.0663 e. The number of hydrogen-bond donors (Lipinski definition) is 1. The number of aryl methyl sites for hydroxylation is 2. The number of rotatable bonds is 4. The Balaban J connectivity index is 1.45. The van der Waals surface area contributed by atoms with Crippen LogP contribution in [-0.4, -0.2) is 21.7 Å². The summed E-state index contributed by atoms with van der Waals surface area (Å²) in [6, 6.07) is 4.64. The highest BCUT2D eigenvalue weighted by Gasteiger charge is 2.24. The summed E-state index contributed by atoms with van der Waals surface area (Å²) in [4.78, 5) is 4.75. The van der Waals surface area contributed by atoms with Gasteiger partial charge in [-0.3, -0.25) is 4.98 Å². The van der Waals surface area contributed by atoms with E-state index in [0.29, 0.717) is 11.8 Å². The second kappa shape index (κ2) is 7.34. The SMILES string of the molecule is CC(C)c1cc2c(nn1)CCC(CC(C)c1cc3c(cn1)NCCC3)C2. The number of anilines is 1. The fourth-order valence-electron chi connectivity index (χ4n) is 4.37. The number of nitrogens with zero attached hydrogens (tertiary/aromatic N) is 3. The van der Waals surface area contributed by atoms with E-state index in [4.69, 9.17) is 4.98 Å². The molecule has 0 fully saturated rings. The summed E-state index contributed by atoms with van der Waals surface area (Å²) in [5, 5.41) is 12.4. The van der Waals surface area contributed by atoms with Gasteiger partial charge >= 0.3 is 0 Å². The van der Waals surface area contributed by atoms with Crippen LogP contribution in [0.5, 0.6) is 0 Å². The van der Waals surface area contributed by atoms with Gasteiger partial charge in [0.2, 0.25) is 0 Å². The molecular formula is C22H30N4. The van der Waals surface area contributed by atoms with Crippen molar-refractivity contribution in [3.63, 3.8) is 0 Å². The molecule has 0 amide bonds. The molecule has 2 atom stereocenters. The van der Waals surface area contributed by atoms with Crippen molar-refractivity contribution in [2.24, 2.45) is 5.92 Å². The third-order valence-corrected chi connectivity index (χ3v) is 6.01. The van der Waals surface area contributed by atoms with Crippen LogP contribution in [0.3, 0.4) is 0 Å². The molecule has 0 saturated heterocycles. The molecule has 1 N–H and O–H groups in total. The number of hydrogen-bond acceptors (Lipinski definition) is 4. The summed E-state index contributed by atoms with van der Waals surface area (Å²) in [6.45, 7) is 7.79. The normalized spacial score (nSPS) is 20.2. The van der Waals surface area contributed by atoms with Gasteiger partial charge in [-0.05, 0) is 79.5 Å². The van der Waals surface area contributed by atoms with E-state index in [0.717, 1.165) is 31.0 Å². The maximum Gasteiger partial charge on any atom is 0.0663 e. The van der Waals surface area contributed by atoms with Gasteiger partial charge in [0.25, 0.3) is 0 Å². The Bertz CT molecular complexity index is 784. The average Bonchev–Trinajstić information content (AvgIpc) is 2.67. The average molecular weight is 351 g/mol. The summed E-state index contributed by atoms with van der Waals surface area (Å²) in [7, 11) is 0. The van der Waals surface area contributed by atoms with Crippen molar-refractivity contribution in [1.82, 2.24) is 15.2 Å². The van der Waals surface area contributed by atoms with Gasteiger partial charge in [0, 0.05) is 12.2 Å². The largest absolute Gasteiger partial charge is 0.384 e. The van der Waals surface area contributed by atoms with Gasteiger partial charge in [-0.1, -0.05) is 20.8 Å². The van der Waals surface area contributed by atoms with Gasteiger partial charge in [0.05, 0.1) is 23.3 Å². The second-order valence-electron chi connectivity index (χ2n) is 8.44. The van der Waals surface area contributed by atoms with Gasteiger partial charge in [0.15, 0.2) is 0 Å². The van der Waals surface area contributed by atoms with E-state index in [-0.39, 0.29) is 0 Å². The lowest BCUT2D eigenvalue weighted by Gasteiger charge is -2.27. The van der Waals surface area contributed by atoms with Gasteiger partial charge in [0.1, 0.15) is 0 Å². The lowest BCUT2D eigenvalue weighted by atomic mass is 9.80. The highest BCUT2D eigenvalue weighted by atomic mass is 15.1. The predicted octanol–water partition coefficient (Wildman–Crippen LogP) is 4.65. The first-order valence-electron chi connectivity index (χ1n) is 10.2. The number of fused-ring (bicyclic) bond motifs is 2. The maximum atomic E-state index is 4.75. The van der Waals surface area contributed by atoms with Crippen LogP contribution in [-0.2, 0) is 19.3 Å². The van der Waals surface area contributed by atoms with Crippen LogP contribution in [0.25, 0.3) is 0 Å². The van der Waals surface area contributed by atoms with Crippen LogP contribution < -0.4 is 5.32 Å². The van der Waals surface area contributed by atoms with Crippen LogP contribution in [0.1, 0.15) is 80.1 Å². The fraction of sp³-hybridized carbons (Fsp3) is 0.591. The molecule has 0 spiro atoms. The summed E-state index contributed by atoms with van der Waals surface area (Å²) >= 11 is 0. The second-order valence-corrected chi connectivity index (χ2v) is 8.44. The number of aromatic nitrogens is 3. The summed E-state index contributed by atoms with van der Waals surface area (Å²) in [6.07, 6.45) is 9.08. The molecule has 3 heterocycles. The Labute approximate surface area is 156 Å². The molecule has 26 heavy (non-hydrogen) atoms. The Kier molecular flexibility index (Phi) is 4.92. The molecule has 2 aromatic heterocycles. The van der Waals surface area contributed by atoms with E-state index in [2.05, 4.69) is 48.4 Å². The van der Waals surface area contributed by atoms with E-state index in [9.17, 15) is 0 Å². The highest BCUT2D eigenvalue weighted by Crippen LogP contribution is 2.33. The van der Waals surface area contributed by atoms with Crippen molar-refractivity contribution in [3.05, 3.63) is 46.5 Å². The topological polar surface area (TPSA) is 50.7 Å². The standard InChI is InChI=1S/C22H30N4/c1-14(2)20-12-18-10-16(6-7-19(18)25-26-20)9-15(3)21-11-17-5-4-8-23-22(17)13-24-21/h11-16,23H,4-10H2,1-3H3. The van der Waals surface area contributed by atoms with Crippen molar-refractivity contribution >= 4 is 5.69 Å². The van der Waals surface area contributed by atoms with E-state index >= 15 is 0 Å². The minimum atomic E-state index is 0.445. The van der Waals surface area contributed by atoms with Gasteiger partial charge in [-0.2, -0.15) is 10.2 Å². The van der Waals surface area contributed by atoms with Crippen LogP contribution in [0.4, 0.5) is 5.69 Å². The van der Waals surface area contributed by atoms with Gasteiger partial charge in [-0.25, -0.2) is 0 Å². The molecule has 0 saturated carbocycles. The zero-order chi connectivity index (χ0) is 18.1. The Morgan fingerprint density at radius 1 is 1.08 bits per heavy atom. The van der Waals surface area contributed by atoms with Crippen LogP contribution >= 0.6 is 0 Å². The summed E-state index contributed by atoms with van der Waals surface area (Å²) < 4.78 is 0. The minimum Gasteiger partial charge on any atom is -0.384 e. The molecule has 2 aliphatic rings. The molecule has 0 aromatic carbocycles. The zero-order valence-electron chi connectivity index (χ0n) is 16.3. The van der Waals surface area contributed by atoms with Crippen molar-refractivity contribution in [2.45, 2.75) is 71.1 Å². The molecular weight excluding hydrogens is 320 g/mol. The van der Waals surface area contributed by atoms with E-state index in [1.807, 2.05) is 6.20 Å². The molecule has 138 valence electrons. The molecule has 4 nitrogen and oxygen atoms in total. The van der Waals surface area contributed by atoms with E-state index < -0.39 is 0 Å². The lowest BCUT2D eigenvalue weighted by molar-refractivity contribution is 0.390. The number of pyridine rings is 1. The Hall–Kier alpha value is -1.97. The summed E-state index contributed by atoms with van der Waals surface area (Å²) in [5.74, 6) is 1.67. The fourth-order valence-corrected chi connectivity index (χ4v) is 4.37. The molecule has 2 aromatic rings. The Morgan fingerprint density at radius 2 is 1.92 bits per heavy atom. The molecule has 0 radical (unpaired) electrons. The molecule has 1 aliphatic heterocycles. The van der Waals surface area contributed by atoms with Gasteiger partial charge < -0.3 is 5.32 Å². The monoisotopic (exact) mass is 350 g/mol. The molecule has 4 rings (SSSR count). The first kappa shape index (κ1) is 17.4. The summed E-state index contributed by atoms with van der Waals surface area (Å²) in [5.41, 5.74) is 7.71. The minimum absolute atomic E-state index is 0.445. The third kappa shape index (κ3) is 3.60. The number of nitrogens with one attached hydrogen (secondary N) is 1. The van der Waals surface area contributed by atoms with Crippen molar-refractivity contribution in [2.75, 3.05) is 11.9 Å². The predicted molar refractivity (Wildman–Crippen MR) is 106 cm³/mol. The maximum absolute atomic E-state index is 4.75. The van der Waals surface area contributed by atoms with Crippen LogP contribution in [0.2, 0.25) is 0 Å². The zero-order valence-corrected chi connectivity index (χ0v) is 16.3. The quantitative estimate of drug-likeness (QED) is 0.872. The van der Waals surface area contributed by atoms with Crippen LogP contribution in [0.15, 0.2) is 18.3 Å². The first-order valence-corrected chi connectivity index (χ1v) is 10.2. The molecule has 0 bridgehead atoms. The van der Waals surface area contributed by atoms with Crippen molar-refractivity contribution in [3.8, 4) is 0 Å². The van der Waals surface area contributed by atoms with E-state index in [1.165, 1.54) is 53.9 Å².